The molecule has 3 N–H and O–H groups in total. The third kappa shape index (κ3) is 3.80. The second-order valence-electron chi connectivity index (χ2n) is 5.46. The van der Waals surface area contributed by atoms with Crippen molar-refractivity contribution in [2.45, 2.75) is 57.7 Å². The second-order valence-corrected chi connectivity index (χ2v) is 5.46. The molecule has 6 heteroatoms. The predicted octanol–water partition coefficient (Wildman–Crippen LogP) is 1.16. The van der Waals surface area contributed by atoms with Crippen molar-refractivity contribution >= 4 is 5.97 Å². The molecule has 1 fully saturated rings. The maximum absolute atomic E-state index is 11.3. The summed E-state index contributed by atoms with van der Waals surface area (Å²) in [5.41, 5.74) is 0.943. The molecule has 2 atom stereocenters. The van der Waals surface area contributed by atoms with Gasteiger partial charge >= 0.3 is 5.97 Å². The Morgan fingerprint density at radius 2 is 2.40 bits per heavy atom. The Morgan fingerprint density at radius 3 is 3.10 bits per heavy atom. The van der Waals surface area contributed by atoms with Crippen LogP contribution in [0.1, 0.15) is 44.1 Å². The predicted molar refractivity (Wildman–Crippen MR) is 74.3 cm³/mol. The number of rotatable bonds is 6. The summed E-state index contributed by atoms with van der Waals surface area (Å²) in [6.45, 7) is 3.28. The van der Waals surface area contributed by atoms with Crippen molar-refractivity contribution in [2.24, 2.45) is 0 Å². The Kier molecular flexibility index (Phi) is 5.14. The highest BCUT2D eigenvalue weighted by atomic mass is 16.4. The third-order valence-corrected chi connectivity index (χ3v) is 3.79. The molecule has 0 radical (unpaired) electrons. The number of hydrogen-bond acceptors (Lipinski definition) is 4. The summed E-state index contributed by atoms with van der Waals surface area (Å²) in [6.07, 6.45) is 5.36. The lowest BCUT2D eigenvalue weighted by atomic mass is 9.99. The minimum Gasteiger partial charge on any atom is -0.480 e. The normalized spacial score (nSPS) is 23.9. The van der Waals surface area contributed by atoms with Crippen LogP contribution in [0.25, 0.3) is 0 Å². The summed E-state index contributed by atoms with van der Waals surface area (Å²) in [6, 6.07) is -0.610. The van der Waals surface area contributed by atoms with Crippen LogP contribution in [0.5, 0.6) is 0 Å². The number of piperidine rings is 1. The number of aliphatic hydroxyl groups is 1. The van der Waals surface area contributed by atoms with Gasteiger partial charge in [-0.3, -0.25) is 9.69 Å². The van der Waals surface area contributed by atoms with E-state index in [2.05, 4.69) is 16.9 Å². The summed E-state index contributed by atoms with van der Waals surface area (Å²) < 4.78 is 0. The lowest BCUT2D eigenvalue weighted by Gasteiger charge is -2.34. The van der Waals surface area contributed by atoms with E-state index in [9.17, 15) is 15.0 Å². The number of carbonyl (C=O) groups is 1. The summed E-state index contributed by atoms with van der Waals surface area (Å²) in [7, 11) is 0. The Hall–Kier alpha value is -1.40. The first-order chi connectivity index (χ1) is 9.60. The van der Waals surface area contributed by atoms with Crippen molar-refractivity contribution in [2.75, 3.05) is 6.54 Å². The number of unbranched alkanes of at least 4 members (excludes halogenated alkanes) is 1. The Morgan fingerprint density at radius 1 is 1.60 bits per heavy atom. The highest BCUT2D eigenvalue weighted by Crippen LogP contribution is 2.20. The van der Waals surface area contributed by atoms with Crippen molar-refractivity contribution in [3.63, 3.8) is 0 Å². The minimum atomic E-state index is -0.866. The molecule has 0 spiro atoms. The van der Waals surface area contributed by atoms with Gasteiger partial charge in [-0.1, -0.05) is 13.3 Å². The van der Waals surface area contributed by atoms with Gasteiger partial charge in [0, 0.05) is 31.4 Å². The largest absolute Gasteiger partial charge is 0.480 e. The first-order valence-corrected chi connectivity index (χ1v) is 7.27. The van der Waals surface area contributed by atoms with Crippen LogP contribution in [-0.2, 0) is 17.8 Å². The topological polar surface area (TPSA) is 89.4 Å². The van der Waals surface area contributed by atoms with E-state index < -0.39 is 18.1 Å². The lowest BCUT2D eigenvalue weighted by molar-refractivity contribution is -0.147. The van der Waals surface area contributed by atoms with Crippen molar-refractivity contribution < 1.29 is 15.0 Å². The van der Waals surface area contributed by atoms with Gasteiger partial charge in [0.25, 0.3) is 0 Å². The number of carboxylic acid groups (broad SMARTS) is 1. The number of aliphatic carboxylic acids is 1. The van der Waals surface area contributed by atoms with Crippen molar-refractivity contribution in [1.29, 1.82) is 0 Å². The first kappa shape index (κ1) is 15.0. The zero-order valence-electron chi connectivity index (χ0n) is 11.9. The van der Waals surface area contributed by atoms with Gasteiger partial charge in [-0.05, 0) is 19.3 Å². The summed E-state index contributed by atoms with van der Waals surface area (Å²) >= 11 is 0. The van der Waals surface area contributed by atoms with Gasteiger partial charge in [-0.15, -0.1) is 0 Å². The molecule has 1 saturated heterocycles. The standard InChI is InChI=1S/C14H23N3O3/c1-2-3-4-13-15-8-10(16-13)9-17-6-5-11(18)7-12(17)14(19)20/h8,11-12,18H,2-7,9H2,1H3,(H,15,16)(H,19,20)/t11-,12+/m1/s1. The second kappa shape index (κ2) is 6.85. The number of H-pyrrole nitrogens is 1. The fourth-order valence-electron chi connectivity index (χ4n) is 2.62. The monoisotopic (exact) mass is 281 g/mol. The molecule has 0 aliphatic carbocycles. The summed E-state index contributed by atoms with van der Waals surface area (Å²) in [5.74, 6) is 0.0974. The van der Waals surface area contributed by atoms with Gasteiger partial charge in [-0.25, -0.2) is 4.98 Å². The van der Waals surface area contributed by atoms with Crippen LogP contribution in [0.2, 0.25) is 0 Å². The van der Waals surface area contributed by atoms with Crippen molar-refractivity contribution in [1.82, 2.24) is 14.9 Å². The molecule has 0 bridgehead atoms. The van der Waals surface area contributed by atoms with Crippen LogP contribution in [-0.4, -0.2) is 49.7 Å². The number of aromatic amines is 1. The highest BCUT2D eigenvalue weighted by molar-refractivity contribution is 5.73. The van der Waals surface area contributed by atoms with E-state index >= 15 is 0 Å². The number of likely N-dealkylation sites (tertiary alicyclic amines) is 1. The van der Waals surface area contributed by atoms with E-state index in [1.807, 2.05) is 4.90 Å². The molecule has 1 aliphatic rings. The number of imidazole rings is 1. The van der Waals surface area contributed by atoms with Crippen LogP contribution >= 0.6 is 0 Å². The van der Waals surface area contributed by atoms with E-state index in [1.54, 1.807) is 6.20 Å². The number of aromatic nitrogens is 2. The number of aryl methyl sites for hydroxylation is 1. The Bertz CT molecular complexity index is 447. The number of nitrogens with one attached hydrogen (secondary N) is 1. The molecule has 0 aromatic carbocycles. The van der Waals surface area contributed by atoms with Gasteiger partial charge in [-0.2, -0.15) is 0 Å². The number of aliphatic hydroxyl groups excluding tert-OH is 1. The van der Waals surface area contributed by atoms with E-state index in [1.165, 1.54) is 0 Å². The van der Waals surface area contributed by atoms with Crippen LogP contribution in [0.4, 0.5) is 0 Å². The van der Waals surface area contributed by atoms with E-state index in [0.717, 1.165) is 30.8 Å². The zero-order chi connectivity index (χ0) is 14.5. The minimum absolute atomic E-state index is 0.298. The first-order valence-electron chi connectivity index (χ1n) is 7.27. The third-order valence-electron chi connectivity index (χ3n) is 3.79. The smallest absolute Gasteiger partial charge is 0.321 e. The van der Waals surface area contributed by atoms with Gasteiger partial charge in [0.2, 0.25) is 0 Å². The molecule has 2 heterocycles. The fourth-order valence-corrected chi connectivity index (χ4v) is 2.62. The highest BCUT2D eigenvalue weighted by Gasteiger charge is 2.32. The van der Waals surface area contributed by atoms with E-state index in [-0.39, 0.29) is 0 Å². The summed E-state index contributed by atoms with van der Waals surface area (Å²) in [5, 5.41) is 18.9. The summed E-state index contributed by atoms with van der Waals surface area (Å²) in [4.78, 5) is 20.7. The number of hydrogen-bond donors (Lipinski definition) is 3. The molecule has 1 aromatic heterocycles. The van der Waals surface area contributed by atoms with Gasteiger partial charge < -0.3 is 15.2 Å². The quantitative estimate of drug-likeness (QED) is 0.728. The Labute approximate surface area is 118 Å². The fraction of sp³-hybridized carbons (Fsp3) is 0.714. The molecule has 0 amide bonds. The zero-order valence-corrected chi connectivity index (χ0v) is 11.9. The van der Waals surface area contributed by atoms with Gasteiger partial charge in [0.1, 0.15) is 11.9 Å². The number of carboxylic acids is 1. The number of nitrogens with zero attached hydrogens (tertiary/aromatic N) is 2. The van der Waals surface area contributed by atoms with Gasteiger partial charge in [0.15, 0.2) is 0 Å². The molecular formula is C14H23N3O3. The average Bonchev–Trinajstić information content (AvgIpc) is 2.86. The molecule has 0 unspecified atom stereocenters. The lowest BCUT2D eigenvalue weighted by Crippen LogP contribution is -2.48. The van der Waals surface area contributed by atoms with Crippen molar-refractivity contribution in [3.05, 3.63) is 17.7 Å². The molecule has 0 saturated carbocycles. The van der Waals surface area contributed by atoms with Gasteiger partial charge in [0.05, 0.1) is 6.10 Å². The maximum atomic E-state index is 11.3. The van der Waals surface area contributed by atoms with Crippen LogP contribution in [0, 0.1) is 0 Å². The SMILES string of the molecule is CCCCc1ncc(CN2CC[C@@H](O)C[C@H]2C(=O)O)[nH]1. The molecule has 20 heavy (non-hydrogen) atoms. The molecule has 1 aliphatic heterocycles. The van der Waals surface area contributed by atoms with E-state index in [0.29, 0.717) is 25.9 Å². The molecule has 1 aromatic rings. The van der Waals surface area contributed by atoms with Crippen LogP contribution in [0.15, 0.2) is 6.20 Å². The maximum Gasteiger partial charge on any atom is 0.321 e. The molecule has 2 rings (SSSR count). The van der Waals surface area contributed by atoms with Crippen LogP contribution < -0.4 is 0 Å². The molecular weight excluding hydrogens is 258 g/mol. The Balaban J connectivity index is 1.97. The van der Waals surface area contributed by atoms with Crippen LogP contribution in [0.3, 0.4) is 0 Å². The molecule has 6 nitrogen and oxygen atoms in total. The molecule has 112 valence electrons. The van der Waals surface area contributed by atoms with E-state index in [4.69, 9.17) is 0 Å². The van der Waals surface area contributed by atoms with Crippen molar-refractivity contribution in [3.8, 4) is 0 Å². The average molecular weight is 281 g/mol.